The maximum Gasteiger partial charge on any atom is 0.434 e. The first-order chi connectivity index (χ1) is 9.34. The van der Waals surface area contributed by atoms with Gasteiger partial charge in [-0.2, -0.15) is 13.2 Å². The summed E-state index contributed by atoms with van der Waals surface area (Å²) in [4.78, 5) is 7.58. The minimum atomic E-state index is -4.53. The maximum atomic E-state index is 12.7. The van der Waals surface area contributed by atoms with Crippen LogP contribution in [0.4, 0.5) is 19.0 Å². The molecule has 0 aromatic carbocycles. The second-order valence-electron chi connectivity index (χ2n) is 4.28. The Balaban J connectivity index is 2.28. The molecule has 0 unspecified atom stereocenters. The summed E-state index contributed by atoms with van der Waals surface area (Å²) < 4.78 is 44.7. The first kappa shape index (κ1) is 12.5. The number of fused-ring (bicyclic) bond motifs is 1. The zero-order chi connectivity index (χ0) is 14.5. The second-order valence-corrected chi connectivity index (χ2v) is 4.28. The van der Waals surface area contributed by atoms with Crippen molar-refractivity contribution in [2.24, 2.45) is 0 Å². The zero-order valence-corrected chi connectivity index (χ0v) is 10.3. The maximum absolute atomic E-state index is 12.7. The normalized spacial score (nSPS) is 12.2. The summed E-state index contributed by atoms with van der Waals surface area (Å²) in [6, 6.07) is 3.30. The molecule has 0 aliphatic carbocycles. The topological polar surface area (TPSA) is 69.3 Å². The molecule has 3 aromatic heterocycles. The monoisotopic (exact) mass is 282 g/mol. The van der Waals surface area contributed by atoms with E-state index in [4.69, 9.17) is 10.2 Å². The summed E-state index contributed by atoms with van der Waals surface area (Å²) in [5, 5.41) is 0. The van der Waals surface area contributed by atoms with Gasteiger partial charge in [0.05, 0.1) is 6.20 Å². The largest absolute Gasteiger partial charge is 0.460 e. The lowest BCUT2D eigenvalue weighted by atomic mass is 10.3. The SMILES string of the molecule is Cc1ccc(-c2nc(N)cn3cc(C(F)(F)F)nc23)o1. The molecule has 0 fully saturated rings. The van der Waals surface area contributed by atoms with Gasteiger partial charge in [-0.3, -0.25) is 0 Å². The number of nitrogens with zero attached hydrogens (tertiary/aromatic N) is 3. The number of aryl methyl sites for hydroxylation is 1. The van der Waals surface area contributed by atoms with E-state index in [1.165, 1.54) is 10.6 Å². The third-order valence-corrected chi connectivity index (χ3v) is 2.72. The van der Waals surface area contributed by atoms with Crippen molar-refractivity contribution in [2.75, 3.05) is 5.73 Å². The van der Waals surface area contributed by atoms with Gasteiger partial charge in [-0.1, -0.05) is 0 Å². The molecule has 8 heteroatoms. The zero-order valence-electron chi connectivity index (χ0n) is 10.3. The van der Waals surface area contributed by atoms with Crippen molar-refractivity contribution in [3.63, 3.8) is 0 Å². The molecule has 0 saturated heterocycles. The average Bonchev–Trinajstić information content (AvgIpc) is 2.93. The van der Waals surface area contributed by atoms with Gasteiger partial charge in [0.1, 0.15) is 11.6 Å². The average molecular weight is 282 g/mol. The number of hydrogen-bond donors (Lipinski definition) is 1. The summed E-state index contributed by atoms with van der Waals surface area (Å²) in [5.74, 6) is 1.01. The summed E-state index contributed by atoms with van der Waals surface area (Å²) >= 11 is 0. The molecule has 3 aromatic rings. The van der Waals surface area contributed by atoms with Crippen LogP contribution >= 0.6 is 0 Å². The van der Waals surface area contributed by atoms with Crippen molar-refractivity contribution in [2.45, 2.75) is 13.1 Å². The fourth-order valence-corrected chi connectivity index (χ4v) is 1.88. The van der Waals surface area contributed by atoms with Crippen LogP contribution in [-0.4, -0.2) is 14.4 Å². The molecule has 0 aliphatic heterocycles. The van der Waals surface area contributed by atoms with E-state index in [9.17, 15) is 13.2 Å². The summed E-state index contributed by atoms with van der Waals surface area (Å²) in [6.07, 6.45) is -2.39. The molecule has 2 N–H and O–H groups in total. The molecule has 0 atom stereocenters. The highest BCUT2D eigenvalue weighted by atomic mass is 19.4. The van der Waals surface area contributed by atoms with E-state index in [0.717, 1.165) is 6.20 Å². The standard InChI is InChI=1S/C12H9F3N4O/c1-6-2-3-7(20-6)10-11-17-8(12(13,14)15)4-19(11)5-9(16)18-10/h2-5H,16H2,1H3. The molecular weight excluding hydrogens is 273 g/mol. The number of nitrogen functional groups attached to an aromatic ring is 1. The van der Waals surface area contributed by atoms with Gasteiger partial charge in [-0.25, -0.2) is 9.97 Å². The minimum Gasteiger partial charge on any atom is -0.460 e. The number of imidazole rings is 1. The Labute approximate surface area is 110 Å². The number of hydrogen-bond acceptors (Lipinski definition) is 4. The van der Waals surface area contributed by atoms with Crippen LogP contribution in [0.25, 0.3) is 17.1 Å². The van der Waals surface area contributed by atoms with E-state index in [1.807, 2.05) is 0 Å². The first-order valence-corrected chi connectivity index (χ1v) is 5.64. The Bertz CT molecular complexity index is 788. The number of aromatic nitrogens is 3. The van der Waals surface area contributed by atoms with Gasteiger partial charge >= 0.3 is 6.18 Å². The predicted molar refractivity (Wildman–Crippen MR) is 64.8 cm³/mol. The molecule has 0 bridgehead atoms. The molecule has 0 saturated carbocycles. The van der Waals surface area contributed by atoms with Crippen LogP contribution in [0, 0.1) is 6.92 Å². The molecule has 0 spiro atoms. The molecule has 0 radical (unpaired) electrons. The highest BCUT2D eigenvalue weighted by Gasteiger charge is 2.34. The van der Waals surface area contributed by atoms with Crippen LogP contribution in [0.15, 0.2) is 28.9 Å². The van der Waals surface area contributed by atoms with Crippen LogP contribution in [0.1, 0.15) is 11.5 Å². The Kier molecular flexibility index (Phi) is 2.50. The van der Waals surface area contributed by atoms with Gasteiger partial charge < -0.3 is 14.6 Å². The summed E-state index contributed by atoms with van der Waals surface area (Å²) in [5.41, 5.74) is 4.82. The Morgan fingerprint density at radius 2 is 1.95 bits per heavy atom. The smallest absolute Gasteiger partial charge is 0.434 e. The van der Waals surface area contributed by atoms with Crippen molar-refractivity contribution in [1.82, 2.24) is 14.4 Å². The number of rotatable bonds is 1. The number of anilines is 1. The molecule has 5 nitrogen and oxygen atoms in total. The van der Waals surface area contributed by atoms with Crippen LogP contribution in [0.3, 0.4) is 0 Å². The van der Waals surface area contributed by atoms with Crippen LogP contribution in [0.2, 0.25) is 0 Å². The van der Waals surface area contributed by atoms with Crippen molar-refractivity contribution in [3.8, 4) is 11.5 Å². The van der Waals surface area contributed by atoms with E-state index in [-0.39, 0.29) is 17.2 Å². The lowest BCUT2D eigenvalue weighted by molar-refractivity contribution is -0.140. The van der Waals surface area contributed by atoms with Crippen LogP contribution in [0.5, 0.6) is 0 Å². The molecule has 0 amide bonds. The van der Waals surface area contributed by atoms with E-state index in [0.29, 0.717) is 11.5 Å². The predicted octanol–water partition coefficient (Wildman–Crippen LogP) is 2.90. The molecule has 0 aliphatic rings. The van der Waals surface area contributed by atoms with Gasteiger partial charge in [0.15, 0.2) is 22.8 Å². The van der Waals surface area contributed by atoms with E-state index in [2.05, 4.69) is 9.97 Å². The molecule has 3 heterocycles. The van der Waals surface area contributed by atoms with Gasteiger partial charge in [0.2, 0.25) is 0 Å². The Morgan fingerprint density at radius 3 is 2.55 bits per heavy atom. The van der Waals surface area contributed by atoms with Crippen LogP contribution < -0.4 is 5.73 Å². The van der Waals surface area contributed by atoms with Crippen LogP contribution in [-0.2, 0) is 6.18 Å². The van der Waals surface area contributed by atoms with Gasteiger partial charge in [-0.15, -0.1) is 0 Å². The van der Waals surface area contributed by atoms with Crippen molar-refractivity contribution in [3.05, 3.63) is 36.0 Å². The second kappa shape index (κ2) is 3.99. The van der Waals surface area contributed by atoms with Crippen molar-refractivity contribution < 1.29 is 17.6 Å². The first-order valence-electron chi connectivity index (χ1n) is 5.64. The number of furan rings is 1. The van der Waals surface area contributed by atoms with Crippen molar-refractivity contribution >= 4 is 11.5 Å². The molecule has 104 valence electrons. The van der Waals surface area contributed by atoms with Gasteiger partial charge in [0, 0.05) is 6.20 Å². The van der Waals surface area contributed by atoms with E-state index < -0.39 is 11.9 Å². The van der Waals surface area contributed by atoms with Gasteiger partial charge in [-0.05, 0) is 19.1 Å². The van der Waals surface area contributed by atoms with Crippen molar-refractivity contribution in [1.29, 1.82) is 0 Å². The van der Waals surface area contributed by atoms with E-state index >= 15 is 0 Å². The lowest BCUT2D eigenvalue weighted by Crippen LogP contribution is -2.04. The Hall–Kier alpha value is -2.51. The molecular formula is C12H9F3N4O. The fourth-order valence-electron chi connectivity index (χ4n) is 1.88. The summed E-state index contributed by atoms with van der Waals surface area (Å²) in [6.45, 7) is 1.72. The van der Waals surface area contributed by atoms with Gasteiger partial charge in [0.25, 0.3) is 0 Å². The number of alkyl halides is 3. The number of halogens is 3. The number of nitrogens with two attached hydrogens (primary N) is 1. The highest BCUT2D eigenvalue weighted by Crippen LogP contribution is 2.31. The summed E-state index contributed by atoms with van der Waals surface area (Å²) in [7, 11) is 0. The highest BCUT2D eigenvalue weighted by molar-refractivity contribution is 5.71. The third kappa shape index (κ3) is 1.98. The minimum absolute atomic E-state index is 0.0425. The molecule has 3 rings (SSSR count). The molecule has 20 heavy (non-hydrogen) atoms. The third-order valence-electron chi connectivity index (χ3n) is 2.72. The quantitative estimate of drug-likeness (QED) is 0.745. The Morgan fingerprint density at radius 1 is 1.20 bits per heavy atom. The lowest BCUT2D eigenvalue weighted by Gasteiger charge is -2.01. The fraction of sp³-hybridized carbons (Fsp3) is 0.167. The van der Waals surface area contributed by atoms with E-state index in [1.54, 1.807) is 19.1 Å².